The molecule has 7 heteroatoms. The average molecular weight is 331 g/mol. The molecule has 116 valence electrons. The molecule has 0 amide bonds. The van der Waals surface area contributed by atoms with Crippen LogP contribution in [0.25, 0.3) is 0 Å². The number of hydrogen-bond donors (Lipinski definition) is 3. The molecule has 0 aliphatic heterocycles. The van der Waals surface area contributed by atoms with Gasteiger partial charge in [0.1, 0.15) is 0 Å². The Balaban J connectivity index is 3.07. The smallest absolute Gasteiger partial charge is 0.299 e. The zero-order valence-electron chi connectivity index (χ0n) is 12.2. The Morgan fingerprint density at radius 3 is 2.57 bits per heavy atom. The van der Waals surface area contributed by atoms with Gasteiger partial charge in [0.2, 0.25) is 0 Å². The Labute approximate surface area is 130 Å². The second kappa shape index (κ2) is 7.14. The van der Waals surface area contributed by atoms with Crippen LogP contribution in [0.2, 0.25) is 5.02 Å². The summed E-state index contributed by atoms with van der Waals surface area (Å²) in [7, 11) is -3.74. The van der Waals surface area contributed by atoms with Crippen molar-refractivity contribution < 1.29 is 13.5 Å². The van der Waals surface area contributed by atoms with Crippen LogP contribution in [-0.2, 0) is 10.2 Å². The Morgan fingerprint density at radius 1 is 1.33 bits per heavy atom. The van der Waals surface area contributed by atoms with Gasteiger partial charge in [0.15, 0.2) is 0 Å². The van der Waals surface area contributed by atoms with E-state index in [0.29, 0.717) is 22.7 Å². The second-order valence-corrected chi connectivity index (χ2v) is 7.27. The fourth-order valence-corrected chi connectivity index (χ4v) is 2.98. The van der Waals surface area contributed by atoms with Crippen molar-refractivity contribution in [1.82, 2.24) is 4.72 Å². The first kappa shape index (κ1) is 17.8. The van der Waals surface area contributed by atoms with Gasteiger partial charge in [0.25, 0.3) is 10.2 Å². The molecule has 0 bridgehead atoms. The van der Waals surface area contributed by atoms with Crippen LogP contribution < -0.4 is 9.44 Å². The molecule has 21 heavy (non-hydrogen) atoms. The molecule has 0 unspecified atom stereocenters. The Bertz CT molecular complexity index is 655. The van der Waals surface area contributed by atoms with Crippen LogP contribution in [0.3, 0.4) is 0 Å². The minimum Gasteiger partial charge on any atom is -0.395 e. The highest BCUT2D eigenvalue weighted by Crippen LogP contribution is 2.21. The lowest BCUT2D eigenvalue weighted by Crippen LogP contribution is -2.43. The minimum absolute atomic E-state index is 0.0484. The molecule has 1 aromatic carbocycles. The zero-order chi connectivity index (χ0) is 16.1. The van der Waals surface area contributed by atoms with Crippen molar-refractivity contribution in [3.8, 4) is 11.8 Å². The van der Waals surface area contributed by atoms with Crippen molar-refractivity contribution in [1.29, 1.82) is 0 Å². The van der Waals surface area contributed by atoms with Crippen molar-refractivity contribution >= 4 is 27.5 Å². The van der Waals surface area contributed by atoms with Crippen LogP contribution in [0, 0.1) is 11.8 Å². The highest BCUT2D eigenvalue weighted by atomic mass is 35.5. The number of benzene rings is 1. The first-order valence-corrected chi connectivity index (χ1v) is 8.20. The van der Waals surface area contributed by atoms with E-state index in [4.69, 9.17) is 16.7 Å². The van der Waals surface area contributed by atoms with Crippen LogP contribution in [0.4, 0.5) is 5.69 Å². The SMILES string of the molecule is CC(C)(C)NS(=O)(=O)Nc1cc(Cl)ccc1C#CCCO. The van der Waals surface area contributed by atoms with Gasteiger partial charge >= 0.3 is 0 Å². The van der Waals surface area contributed by atoms with E-state index in [1.165, 1.54) is 6.07 Å². The lowest BCUT2D eigenvalue weighted by Gasteiger charge is -2.21. The van der Waals surface area contributed by atoms with Gasteiger partial charge in [-0.05, 0) is 39.0 Å². The van der Waals surface area contributed by atoms with Gasteiger partial charge in [-0.1, -0.05) is 23.4 Å². The fourth-order valence-electron chi connectivity index (χ4n) is 1.50. The van der Waals surface area contributed by atoms with Gasteiger partial charge in [0.05, 0.1) is 12.3 Å². The van der Waals surface area contributed by atoms with E-state index < -0.39 is 15.7 Å². The summed E-state index contributed by atoms with van der Waals surface area (Å²) < 4.78 is 29.0. The topological polar surface area (TPSA) is 78.4 Å². The van der Waals surface area contributed by atoms with Gasteiger partial charge in [-0.3, -0.25) is 4.72 Å². The van der Waals surface area contributed by atoms with E-state index in [2.05, 4.69) is 21.3 Å². The minimum atomic E-state index is -3.74. The number of rotatable bonds is 4. The molecule has 0 spiro atoms. The van der Waals surface area contributed by atoms with E-state index in [1.807, 2.05) is 0 Å². The molecule has 0 atom stereocenters. The molecule has 3 N–H and O–H groups in total. The Morgan fingerprint density at radius 2 is 2.00 bits per heavy atom. The quantitative estimate of drug-likeness (QED) is 0.740. The molecular formula is C14H19ClN2O3S. The van der Waals surface area contributed by atoms with Gasteiger partial charge in [-0.2, -0.15) is 13.1 Å². The van der Waals surface area contributed by atoms with Gasteiger partial charge < -0.3 is 5.11 Å². The summed E-state index contributed by atoms with van der Waals surface area (Å²) in [5.41, 5.74) is 0.185. The summed E-state index contributed by atoms with van der Waals surface area (Å²) in [6, 6.07) is 4.74. The van der Waals surface area contributed by atoms with Crippen molar-refractivity contribution in [2.24, 2.45) is 0 Å². The third-order valence-corrected chi connectivity index (χ3v) is 3.73. The summed E-state index contributed by atoms with van der Waals surface area (Å²) in [4.78, 5) is 0. The van der Waals surface area contributed by atoms with Crippen LogP contribution in [0.5, 0.6) is 0 Å². The number of anilines is 1. The Kier molecular flexibility index (Phi) is 6.05. The Hall–Kier alpha value is -1.26. The molecule has 0 saturated heterocycles. The maximum Gasteiger partial charge on any atom is 0.299 e. The normalized spacial score (nSPS) is 11.7. The van der Waals surface area contributed by atoms with Crippen molar-refractivity contribution in [2.45, 2.75) is 32.7 Å². The maximum absolute atomic E-state index is 12.1. The molecule has 0 aliphatic carbocycles. The predicted molar refractivity (Wildman–Crippen MR) is 85.5 cm³/mol. The van der Waals surface area contributed by atoms with Crippen molar-refractivity contribution in [3.63, 3.8) is 0 Å². The lowest BCUT2D eigenvalue weighted by atomic mass is 10.1. The number of aliphatic hydroxyl groups excluding tert-OH is 1. The van der Waals surface area contributed by atoms with Crippen LogP contribution >= 0.6 is 11.6 Å². The first-order valence-electron chi connectivity index (χ1n) is 6.34. The van der Waals surface area contributed by atoms with Crippen molar-refractivity contribution in [2.75, 3.05) is 11.3 Å². The van der Waals surface area contributed by atoms with Gasteiger partial charge in [-0.15, -0.1) is 0 Å². The third-order valence-electron chi connectivity index (χ3n) is 2.13. The molecule has 0 aliphatic rings. The van der Waals surface area contributed by atoms with Crippen LogP contribution in [0.1, 0.15) is 32.8 Å². The van der Waals surface area contributed by atoms with E-state index in [0.717, 1.165) is 0 Å². The number of aliphatic hydroxyl groups is 1. The standard InChI is InChI=1S/C14H19ClN2O3S/c1-14(2,3)17-21(19,20)16-13-10-12(15)8-7-11(13)6-4-5-9-18/h7-8,10,16-18H,5,9H2,1-3H3. The monoisotopic (exact) mass is 330 g/mol. The van der Waals surface area contributed by atoms with Crippen LogP contribution in [0.15, 0.2) is 18.2 Å². The third kappa shape index (κ3) is 6.82. The van der Waals surface area contributed by atoms with Gasteiger partial charge in [-0.25, -0.2) is 0 Å². The molecule has 0 radical (unpaired) electrons. The molecular weight excluding hydrogens is 312 g/mol. The summed E-state index contributed by atoms with van der Waals surface area (Å²) >= 11 is 5.90. The predicted octanol–water partition coefficient (Wildman–Crippen LogP) is 2.12. The number of halogens is 1. The zero-order valence-corrected chi connectivity index (χ0v) is 13.8. The summed E-state index contributed by atoms with van der Waals surface area (Å²) in [5.74, 6) is 5.55. The van der Waals surface area contributed by atoms with E-state index >= 15 is 0 Å². The second-order valence-electron chi connectivity index (χ2n) is 5.42. The van der Waals surface area contributed by atoms with E-state index in [9.17, 15) is 8.42 Å². The summed E-state index contributed by atoms with van der Waals surface area (Å²) in [6.45, 7) is 5.18. The molecule has 1 aromatic rings. The highest BCUT2D eigenvalue weighted by molar-refractivity contribution is 7.90. The summed E-state index contributed by atoms with van der Waals surface area (Å²) in [5, 5.41) is 9.13. The fraction of sp³-hybridized carbons (Fsp3) is 0.429. The van der Waals surface area contributed by atoms with Crippen molar-refractivity contribution in [3.05, 3.63) is 28.8 Å². The molecule has 0 fully saturated rings. The maximum atomic E-state index is 12.1. The van der Waals surface area contributed by atoms with Crippen LogP contribution in [-0.4, -0.2) is 25.7 Å². The van der Waals surface area contributed by atoms with E-state index in [-0.39, 0.29) is 6.61 Å². The molecule has 0 saturated carbocycles. The summed E-state index contributed by atoms with van der Waals surface area (Å²) in [6.07, 6.45) is 0.315. The number of hydrogen-bond acceptors (Lipinski definition) is 3. The average Bonchev–Trinajstić information content (AvgIpc) is 2.28. The highest BCUT2D eigenvalue weighted by Gasteiger charge is 2.20. The molecule has 0 aromatic heterocycles. The molecule has 1 rings (SSSR count). The lowest BCUT2D eigenvalue weighted by molar-refractivity contribution is 0.305. The van der Waals surface area contributed by atoms with Gasteiger partial charge in [0, 0.05) is 22.5 Å². The van der Waals surface area contributed by atoms with E-state index in [1.54, 1.807) is 32.9 Å². The number of nitrogens with one attached hydrogen (secondary N) is 2. The first-order chi connectivity index (χ1) is 9.63. The molecule has 5 nitrogen and oxygen atoms in total. The molecule has 0 heterocycles. The largest absolute Gasteiger partial charge is 0.395 e.